The lowest BCUT2D eigenvalue weighted by atomic mass is 9.98. The number of rotatable bonds is 6. The number of hydrogen-bond donors (Lipinski definition) is 1. The molecule has 156 valence electrons. The molecule has 5 nitrogen and oxygen atoms in total. The zero-order chi connectivity index (χ0) is 22.0. The summed E-state index contributed by atoms with van der Waals surface area (Å²) in [5, 5.41) is 10.7. The molecule has 2 rings (SSSR count). The minimum atomic E-state index is -3.58. The number of aryl methyl sites for hydroxylation is 1. The summed E-state index contributed by atoms with van der Waals surface area (Å²) in [6, 6.07) is 6.68. The van der Waals surface area contributed by atoms with Gasteiger partial charge in [-0.3, -0.25) is 9.24 Å². The van der Waals surface area contributed by atoms with Gasteiger partial charge in [0.15, 0.2) is 0 Å². The van der Waals surface area contributed by atoms with Crippen LogP contribution in [-0.4, -0.2) is 24.7 Å². The van der Waals surface area contributed by atoms with Gasteiger partial charge in [-0.25, -0.2) is 4.79 Å². The van der Waals surface area contributed by atoms with E-state index >= 15 is 0 Å². The lowest BCUT2D eigenvalue weighted by molar-refractivity contribution is 0.0703. The molecule has 0 aliphatic carbocycles. The highest BCUT2D eigenvalue weighted by molar-refractivity contribution is 7.68. The van der Waals surface area contributed by atoms with Crippen LogP contribution in [0.25, 0.3) is 0 Å². The number of thiophene rings is 1. The van der Waals surface area contributed by atoms with Crippen LogP contribution in [0.3, 0.4) is 0 Å². The number of aromatic carboxylic acids is 1. The summed E-state index contributed by atoms with van der Waals surface area (Å²) in [6.07, 6.45) is 0. The molecule has 1 atom stereocenters. The molecule has 1 aromatic carbocycles. The van der Waals surface area contributed by atoms with Crippen LogP contribution in [-0.2, 0) is 9.09 Å². The maximum atomic E-state index is 14.0. The lowest BCUT2D eigenvalue weighted by Gasteiger charge is -2.30. The van der Waals surface area contributed by atoms with E-state index in [0.29, 0.717) is 26.5 Å². The van der Waals surface area contributed by atoms with Crippen molar-refractivity contribution < 1.29 is 19.0 Å². The van der Waals surface area contributed by atoms with E-state index in [1.54, 1.807) is 45.2 Å². The number of halogens is 1. The quantitative estimate of drug-likeness (QED) is 0.442. The highest BCUT2D eigenvalue weighted by Crippen LogP contribution is 2.53. The first-order chi connectivity index (χ1) is 13.4. The Labute approximate surface area is 181 Å². The van der Waals surface area contributed by atoms with Gasteiger partial charge in [-0.05, 0) is 64.4 Å². The summed E-state index contributed by atoms with van der Waals surface area (Å²) in [4.78, 5) is 12.5. The normalized spacial score (nSPS) is 13.3. The average molecular weight is 454 g/mol. The molecule has 0 saturated heterocycles. The van der Waals surface area contributed by atoms with E-state index in [1.165, 1.54) is 4.67 Å². The standard InChI is InChI=1S/C21H25ClNO4PS/c1-7-27-28(26,18-9-8-15(22)12-14(18)2)23(6)17-13-16(10-11-21(3,4)5)29-19(17)20(24)25/h8-9,12-13H,7H2,1-6H3,(H,24,25). The van der Waals surface area contributed by atoms with E-state index < -0.39 is 13.5 Å². The van der Waals surface area contributed by atoms with Crippen LogP contribution in [0.15, 0.2) is 24.3 Å². The third-order valence-electron chi connectivity index (χ3n) is 3.98. The van der Waals surface area contributed by atoms with E-state index in [1.807, 2.05) is 20.8 Å². The number of carboxylic acids is 1. The Morgan fingerprint density at radius 3 is 2.52 bits per heavy atom. The highest BCUT2D eigenvalue weighted by Gasteiger charge is 2.36. The molecule has 1 aromatic heterocycles. The summed E-state index contributed by atoms with van der Waals surface area (Å²) in [5.41, 5.74) is 0.799. The Kier molecular flexibility index (Phi) is 7.24. The maximum absolute atomic E-state index is 14.0. The second kappa shape index (κ2) is 8.93. The van der Waals surface area contributed by atoms with Crippen molar-refractivity contribution >= 4 is 47.4 Å². The second-order valence-corrected chi connectivity index (χ2v) is 11.4. The number of hydrogen-bond acceptors (Lipinski definition) is 4. The van der Waals surface area contributed by atoms with Crippen molar-refractivity contribution in [2.45, 2.75) is 34.6 Å². The molecule has 1 N–H and O–H groups in total. The van der Waals surface area contributed by atoms with Crippen molar-refractivity contribution in [1.82, 2.24) is 0 Å². The molecule has 2 aromatic rings. The fraction of sp³-hybridized carbons (Fsp3) is 0.381. The zero-order valence-electron chi connectivity index (χ0n) is 17.4. The fourth-order valence-electron chi connectivity index (χ4n) is 2.66. The van der Waals surface area contributed by atoms with Gasteiger partial charge >= 0.3 is 13.5 Å². The van der Waals surface area contributed by atoms with Crippen molar-refractivity contribution in [2.24, 2.45) is 5.41 Å². The summed E-state index contributed by atoms with van der Waals surface area (Å²) in [6.45, 7) is 9.68. The summed E-state index contributed by atoms with van der Waals surface area (Å²) < 4.78 is 21.1. The van der Waals surface area contributed by atoms with Crippen molar-refractivity contribution in [3.05, 3.63) is 44.6 Å². The van der Waals surface area contributed by atoms with Crippen LogP contribution >= 0.6 is 30.5 Å². The largest absolute Gasteiger partial charge is 0.477 e. The molecule has 0 aliphatic rings. The van der Waals surface area contributed by atoms with E-state index in [2.05, 4.69) is 11.8 Å². The number of carbonyl (C=O) groups is 1. The van der Waals surface area contributed by atoms with Crippen molar-refractivity contribution in [3.63, 3.8) is 0 Å². The molecule has 0 radical (unpaired) electrons. The molecule has 0 saturated carbocycles. The maximum Gasteiger partial charge on any atom is 0.348 e. The van der Waals surface area contributed by atoms with Crippen molar-refractivity contribution in [3.8, 4) is 11.8 Å². The number of carboxylic acid groups (broad SMARTS) is 1. The van der Waals surface area contributed by atoms with Crippen LogP contribution in [0.1, 0.15) is 47.8 Å². The van der Waals surface area contributed by atoms with Gasteiger partial charge in [0.05, 0.1) is 22.5 Å². The summed E-state index contributed by atoms with van der Waals surface area (Å²) >= 11 is 7.11. The molecule has 0 amide bonds. The van der Waals surface area contributed by atoms with E-state index in [-0.39, 0.29) is 16.9 Å². The second-order valence-electron chi connectivity index (χ2n) is 7.52. The zero-order valence-corrected chi connectivity index (χ0v) is 19.8. The molecular weight excluding hydrogens is 429 g/mol. The third kappa shape index (κ3) is 5.43. The highest BCUT2D eigenvalue weighted by atomic mass is 35.5. The SMILES string of the molecule is CCOP(=O)(c1ccc(Cl)cc1C)N(C)c1cc(C#CC(C)(C)C)sc1C(=O)O. The molecule has 29 heavy (non-hydrogen) atoms. The van der Waals surface area contributed by atoms with Gasteiger partial charge in [-0.15, -0.1) is 11.3 Å². The minimum absolute atomic E-state index is 0.0669. The molecule has 0 bridgehead atoms. The van der Waals surface area contributed by atoms with E-state index in [4.69, 9.17) is 16.1 Å². The van der Waals surface area contributed by atoms with Crippen LogP contribution in [0.5, 0.6) is 0 Å². The Morgan fingerprint density at radius 1 is 1.34 bits per heavy atom. The molecule has 8 heteroatoms. The van der Waals surface area contributed by atoms with E-state index in [0.717, 1.165) is 11.3 Å². The van der Waals surface area contributed by atoms with Gasteiger partial charge in [0.1, 0.15) is 4.88 Å². The van der Waals surface area contributed by atoms with Gasteiger partial charge in [0.2, 0.25) is 0 Å². The fourth-order valence-corrected chi connectivity index (χ4v) is 6.03. The molecule has 0 spiro atoms. The molecule has 1 heterocycles. The Hall–Kier alpha value is -1.77. The number of nitrogens with zero attached hydrogens (tertiary/aromatic N) is 1. The molecule has 1 unspecified atom stereocenters. The topological polar surface area (TPSA) is 66.8 Å². The first-order valence-electron chi connectivity index (χ1n) is 9.05. The predicted octanol–water partition coefficient (Wildman–Crippen LogP) is 5.80. The smallest absolute Gasteiger partial charge is 0.348 e. The minimum Gasteiger partial charge on any atom is -0.477 e. The summed E-state index contributed by atoms with van der Waals surface area (Å²) in [5.74, 6) is 5.03. The van der Waals surface area contributed by atoms with E-state index in [9.17, 15) is 14.5 Å². The Bertz CT molecular complexity index is 1030. The van der Waals surface area contributed by atoms with Crippen molar-refractivity contribution in [1.29, 1.82) is 0 Å². The van der Waals surface area contributed by atoms with Crippen molar-refractivity contribution in [2.75, 3.05) is 18.3 Å². The summed E-state index contributed by atoms with van der Waals surface area (Å²) in [7, 11) is -1.99. The average Bonchev–Trinajstić information content (AvgIpc) is 3.03. The van der Waals surface area contributed by atoms with Gasteiger partial charge in [0.25, 0.3) is 0 Å². The first-order valence-corrected chi connectivity index (χ1v) is 11.8. The molecule has 0 aliphatic heterocycles. The number of anilines is 1. The van der Waals surface area contributed by atoms with Crippen LogP contribution in [0.4, 0.5) is 5.69 Å². The monoisotopic (exact) mass is 453 g/mol. The molecule has 0 fully saturated rings. The predicted molar refractivity (Wildman–Crippen MR) is 121 cm³/mol. The van der Waals surface area contributed by atoms with Gasteiger partial charge in [-0.1, -0.05) is 23.4 Å². The third-order valence-corrected chi connectivity index (χ3v) is 7.97. The van der Waals surface area contributed by atoms with Crippen LogP contribution < -0.4 is 9.97 Å². The lowest BCUT2D eigenvalue weighted by Crippen LogP contribution is -2.26. The first kappa shape index (κ1) is 23.5. The van der Waals surface area contributed by atoms with Crippen LogP contribution in [0, 0.1) is 24.2 Å². The molecular formula is C21H25ClNO4PS. The Morgan fingerprint density at radius 2 is 2.00 bits per heavy atom. The van der Waals surface area contributed by atoms with Crippen LogP contribution in [0.2, 0.25) is 5.02 Å². The van der Waals surface area contributed by atoms with Gasteiger partial charge < -0.3 is 9.63 Å². The van der Waals surface area contributed by atoms with Gasteiger partial charge in [-0.2, -0.15) is 0 Å². The van der Waals surface area contributed by atoms with Gasteiger partial charge in [0, 0.05) is 17.5 Å². The Balaban J connectivity index is 2.63. The number of benzene rings is 1.